The summed E-state index contributed by atoms with van der Waals surface area (Å²) in [6, 6.07) is 4.30. The van der Waals surface area contributed by atoms with Crippen molar-refractivity contribution in [2.75, 3.05) is 11.3 Å². The molecule has 0 amide bonds. The monoisotopic (exact) mass is 266 g/mol. The molecule has 0 unspecified atom stereocenters. The number of nitrogens with one attached hydrogen (secondary N) is 2. The van der Waals surface area contributed by atoms with Gasteiger partial charge in [0.05, 0.1) is 6.21 Å². The van der Waals surface area contributed by atoms with E-state index >= 15 is 0 Å². The summed E-state index contributed by atoms with van der Waals surface area (Å²) < 4.78 is 1.39. The number of hydrazone groups is 1. The second-order valence-corrected chi connectivity index (χ2v) is 3.73. The van der Waals surface area contributed by atoms with Crippen LogP contribution in [0.4, 0.5) is 5.95 Å². The van der Waals surface area contributed by atoms with Crippen LogP contribution < -0.4 is 11.3 Å². The summed E-state index contributed by atoms with van der Waals surface area (Å²) in [5.41, 5.74) is 3.16. The highest BCUT2D eigenvalue weighted by Gasteiger charge is 2.00. The SMILES string of the molecule is Nn1c(NN=Cc2ccc(O)c(O)c2)n[nH]c1=S. The number of aromatic hydroxyl groups is 2. The molecule has 0 bridgehead atoms. The van der Waals surface area contributed by atoms with Gasteiger partial charge < -0.3 is 16.1 Å². The van der Waals surface area contributed by atoms with Gasteiger partial charge in [0.25, 0.3) is 5.95 Å². The first-order valence-electron chi connectivity index (χ1n) is 4.81. The lowest BCUT2D eigenvalue weighted by molar-refractivity contribution is 0.403. The molecule has 0 radical (unpaired) electrons. The van der Waals surface area contributed by atoms with Crippen LogP contribution in [0.25, 0.3) is 0 Å². The van der Waals surface area contributed by atoms with Gasteiger partial charge in [0.2, 0.25) is 4.77 Å². The van der Waals surface area contributed by atoms with Crippen LogP contribution in [0.1, 0.15) is 5.56 Å². The van der Waals surface area contributed by atoms with E-state index < -0.39 is 0 Å². The number of aromatic nitrogens is 3. The lowest BCUT2D eigenvalue weighted by Crippen LogP contribution is -2.11. The molecular formula is C9H10N6O2S. The van der Waals surface area contributed by atoms with Gasteiger partial charge in [-0.2, -0.15) is 9.78 Å². The minimum atomic E-state index is -0.222. The number of nitrogens with two attached hydrogens (primary N) is 1. The molecule has 9 heteroatoms. The average molecular weight is 266 g/mol. The molecule has 0 saturated carbocycles. The minimum absolute atomic E-state index is 0.192. The molecule has 8 nitrogen and oxygen atoms in total. The summed E-state index contributed by atoms with van der Waals surface area (Å²) in [7, 11) is 0. The highest BCUT2D eigenvalue weighted by Crippen LogP contribution is 2.23. The Morgan fingerprint density at radius 2 is 2.22 bits per heavy atom. The van der Waals surface area contributed by atoms with Crippen LogP contribution in [-0.2, 0) is 0 Å². The van der Waals surface area contributed by atoms with Crippen molar-refractivity contribution in [2.24, 2.45) is 5.10 Å². The largest absolute Gasteiger partial charge is 0.504 e. The number of H-pyrrole nitrogens is 1. The van der Waals surface area contributed by atoms with Gasteiger partial charge in [0, 0.05) is 0 Å². The highest BCUT2D eigenvalue weighted by molar-refractivity contribution is 7.71. The number of phenols is 2. The molecule has 2 aromatic rings. The molecule has 1 aromatic carbocycles. The zero-order valence-corrected chi connectivity index (χ0v) is 9.85. The molecule has 0 aliphatic rings. The number of nitrogen functional groups attached to an aromatic ring is 1. The minimum Gasteiger partial charge on any atom is -0.504 e. The van der Waals surface area contributed by atoms with Crippen LogP contribution in [0, 0.1) is 4.77 Å². The van der Waals surface area contributed by atoms with Crippen molar-refractivity contribution in [3.8, 4) is 11.5 Å². The summed E-state index contributed by atoms with van der Waals surface area (Å²) in [6.45, 7) is 0. The van der Waals surface area contributed by atoms with E-state index in [0.29, 0.717) is 5.56 Å². The molecule has 1 aromatic heterocycles. The van der Waals surface area contributed by atoms with Gasteiger partial charge in [-0.3, -0.25) is 0 Å². The molecule has 0 aliphatic heterocycles. The number of hydrogen-bond donors (Lipinski definition) is 5. The number of nitrogens with zero attached hydrogens (tertiary/aromatic N) is 3. The summed E-state index contributed by atoms with van der Waals surface area (Å²) in [5.74, 6) is 5.37. The maximum atomic E-state index is 9.28. The van der Waals surface area contributed by atoms with Gasteiger partial charge in [-0.05, 0) is 36.0 Å². The number of aromatic amines is 1. The molecule has 94 valence electrons. The quantitative estimate of drug-likeness (QED) is 0.181. The number of benzene rings is 1. The predicted octanol–water partition coefficient (Wildman–Crippen LogP) is 0.512. The van der Waals surface area contributed by atoms with Crippen LogP contribution in [0.15, 0.2) is 23.3 Å². The number of hydrogen-bond acceptors (Lipinski definition) is 7. The number of anilines is 1. The second kappa shape index (κ2) is 4.75. The van der Waals surface area contributed by atoms with Gasteiger partial charge in [-0.15, -0.1) is 5.10 Å². The van der Waals surface area contributed by atoms with Crippen LogP contribution in [0.2, 0.25) is 0 Å². The second-order valence-electron chi connectivity index (χ2n) is 3.34. The van der Waals surface area contributed by atoms with E-state index in [2.05, 4.69) is 20.7 Å². The van der Waals surface area contributed by atoms with Gasteiger partial charge in [0.15, 0.2) is 11.5 Å². The molecule has 0 aliphatic carbocycles. The Morgan fingerprint density at radius 1 is 1.44 bits per heavy atom. The van der Waals surface area contributed by atoms with E-state index in [-0.39, 0.29) is 22.2 Å². The van der Waals surface area contributed by atoms with E-state index in [1.165, 1.54) is 18.3 Å². The van der Waals surface area contributed by atoms with Crippen molar-refractivity contribution in [1.82, 2.24) is 14.9 Å². The summed E-state index contributed by atoms with van der Waals surface area (Å²) in [5, 5.41) is 28.5. The maximum Gasteiger partial charge on any atom is 0.262 e. The molecule has 0 spiro atoms. The van der Waals surface area contributed by atoms with Crippen molar-refractivity contribution in [2.45, 2.75) is 0 Å². The lowest BCUT2D eigenvalue weighted by Gasteiger charge is -1.99. The molecule has 6 N–H and O–H groups in total. The standard InChI is InChI=1S/C9H10N6O2S/c10-15-8(13-14-9(15)18)12-11-4-5-1-2-6(16)7(17)3-5/h1-4,16-17H,10H2,(H,12,13)(H,14,18). The van der Waals surface area contributed by atoms with Crippen LogP contribution >= 0.6 is 12.2 Å². The Morgan fingerprint density at radius 3 is 2.83 bits per heavy atom. The first-order valence-corrected chi connectivity index (χ1v) is 5.22. The van der Waals surface area contributed by atoms with E-state index in [0.717, 1.165) is 4.68 Å². The zero-order valence-electron chi connectivity index (χ0n) is 9.03. The third-order valence-electron chi connectivity index (χ3n) is 2.08. The molecule has 1 heterocycles. The normalized spacial score (nSPS) is 10.9. The summed E-state index contributed by atoms with van der Waals surface area (Å²) >= 11 is 4.82. The first-order chi connectivity index (χ1) is 8.58. The van der Waals surface area contributed by atoms with Crippen molar-refractivity contribution in [1.29, 1.82) is 0 Å². The van der Waals surface area contributed by atoms with Crippen molar-refractivity contribution < 1.29 is 10.2 Å². The fourth-order valence-electron chi connectivity index (χ4n) is 1.17. The smallest absolute Gasteiger partial charge is 0.262 e. The Balaban J connectivity index is 2.10. The van der Waals surface area contributed by atoms with Gasteiger partial charge in [-0.1, -0.05) is 0 Å². The summed E-state index contributed by atoms with van der Waals surface area (Å²) in [6.07, 6.45) is 1.43. The maximum absolute atomic E-state index is 9.28. The first kappa shape index (κ1) is 11.9. The van der Waals surface area contributed by atoms with E-state index in [1.807, 2.05) is 0 Å². The summed E-state index contributed by atoms with van der Waals surface area (Å²) in [4.78, 5) is 0. The van der Waals surface area contributed by atoms with Gasteiger partial charge >= 0.3 is 0 Å². The highest BCUT2D eigenvalue weighted by atomic mass is 32.1. The van der Waals surface area contributed by atoms with Crippen molar-refractivity contribution >= 4 is 24.4 Å². The number of rotatable bonds is 3. The molecule has 0 saturated heterocycles. The molecule has 0 atom stereocenters. The van der Waals surface area contributed by atoms with E-state index in [9.17, 15) is 5.11 Å². The van der Waals surface area contributed by atoms with Crippen LogP contribution in [-0.4, -0.2) is 31.3 Å². The Hall–Kier alpha value is -2.55. The van der Waals surface area contributed by atoms with Crippen molar-refractivity contribution in [3.05, 3.63) is 28.5 Å². The zero-order chi connectivity index (χ0) is 13.1. The lowest BCUT2D eigenvalue weighted by atomic mass is 10.2. The van der Waals surface area contributed by atoms with Crippen molar-refractivity contribution in [3.63, 3.8) is 0 Å². The Labute approximate surface area is 106 Å². The Kier molecular flexibility index (Phi) is 3.15. The average Bonchev–Trinajstić information content (AvgIpc) is 2.66. The molecular weight excluding hydrogens is 256 g/mol. The molecule has 18 heavy (non-hydrogen) atoms. The van der Waals surface area contributed by atoms with Crippen LogP contribution in [0.3, 0.4) is 0 Å². The van der Waals surface area contributed by atoms with E-state index in [1.54, 1.807) is 6.07 Å². The Bertz CT molecular complexity index is 647. The topological polar surface area (TPSA) is 124 Å². The third-order valence-corrected chi connectivity index (χ3v) is 2.37. The predicted molar refractivity (Wildman–Crippen MR) is 68.6 cm³/mol. The van der Waals surface area contributed by atoms with E-state index in [4.69, 9.17) is 23.2 Å². The fourth-order valence-corrected chi connectivity index (χ4v) is 1.30. The molecule has 0 fully saturated rings. The number of phenolic OH excluding ortho intramolecular Hbond substituents is 2. The molecule has 2 rings (SSSR count). The fraction of sp³-hybridized carbons (Fsp3) is 0. The van der Waals surface area contributed by atoms with Crippen LogP contribution in [0.5, 0.6) is 11.5 Å². The third kappa shape index (κ3) is 2.40. The van der Waals surface area contributed by atoms with Gasteiger partial charge in [-0.25, -0.2) is 10.5 Å². The van der Waals surface area contributed by atoms with Gasteiger partial charge in [0.1, 0.15) is 0 Å².